The van der Waals surface area contributed by atoms with Crippen molar-refractivity contribution in [3.05, 3.63) is 89.0 Å². The van der Waals surface area contributed by atoms with Gasteiger partial charge in [-0.15, -0.1) is 0 Å². The van der Waals surface area contributed by atoms with Crippen molar-refractivity contribution in [2.24, 2.45) is 0 Å². The lowest BCUT2D eigenvalue weighted by Gasteiger charge is -2.09. The number of rotatable bonds is 6. The summed E-state index contributed by atoms with van der Waals surface area (Å²) in [6, 6.07) is 17.8. The minimum absolute atomic E-state index is 0.0985. The molecule has 2 N–H and O–H groups in total. The standard InChI is InChI=1S/C20H19FN4O/c1-14-11-18(19(26)22-13-16-9-5-6-10-17(16)21)25-20(24-14)23-12-15-7-3-2-4-8-15/h2-11H,12-13H2,1H3,(H,22,26)(H,23,24,25). The second kappa shape index (κ2) is 8.20. The monoisotopic (exact) mass is 350 g/mol. The van der Waals surface area contributed by atoms with E-state index >= 15 is 0 Å². The Balaban J connectivity index is 1.66. The quantitative estimate of drug-likeness (QED) is 0.714. The molecule has 5 nitrogen and oxygen atoms in total. The van der Waals surface area contributed by atoms with Gasteiger partial charge in [0, 0.05) is 24.3 Å². The zero-order chi connectivity index (χ0) is 18.4. The number of carbonyl (C=O) groups is 1. The molecule has 3 rings (SSSR count). The fourth-order valence-electron chi connectivity index (χ4n) is 2.45. The number of halogens is 1. The summed E-state index contributed by atoms with van der Waals surface area (Å²) >= 11 is 0. The van der Waals surface area contributed by atoms with Gasteiger partial charge < -0.3 is 10.6 Å². The van der Waals surface area contributed by atoms with E-state index in [9.17, 15) is 9.18 Å². The van der Waals surface area contributed by atoms with E-state index in [1.54, 1.807) is 31.2 Å². The van der Waals surface area contributed by atoms with Gasteiger partial charge in [-0.1, -0.05) is 48.5 Å². The molecular formula is C20H19FN4O. The zero-order valence-corrected chi connectivity index (χ0v) is 14.4. The van der Waals surface area contributed by atoms with E-state index in [0.29, 0.717) is 23.8 Å². The number of aromatic nitrogens is 2. The number of aryl methyl sites for hydroxylation is 1. The molecule has 0 saturated carbocycles. The molecule has 0 spiro atoms. The topological polar surface area (TPSA) is 66.9 Å². The summed E-state index contributed by atoms with van der Waals surface area (Å²) in [7, 11) is 0. The molecule has 26 heavy (non-hydrogen) atoms. The first-order chi connectivity index (χ1) is 12.6. The van der Waals surface area contributed by atoms with E-state index in [4.69, 9.17) is 0 Å². The fourth-order valence-corrected chi connectivity index (χ4v) is 2.45. The Labute approximate surface area is 151 Å². The van der Waals surface area contributed by atoms with Crippen molar-refractivity contribution in [2.75, 3.05) is 5.32 Å². The van der Waals surface area contributed by atoms with Crippen LogP contribution >= 0.6 is 0 Å². The minimum atomic E-state index is -0.374. The van der Waals surface area contributed by atoms with Crippen LogP contribution < -0.4 is 10.6 Å². The Morgan fingerprint density at radius 2 is 1.73 bits per heavy atom. The van der Waals surface area contributed by atoms with E-state index in [2.05, 4.69) is 20.6 Å². The molecule has 1 aromatic heterocycles. The zero-order valence-electron chi connectivity index (χ0n) is 14.4. The molecule has 0 aliphatic heterocycles. The summed E-state index contributed by atoms with van der Waals surface area (Å²) in [6.45, 7) is 2.45. The van der Waals surface area contributed by atoms with Crippen LogP contribution in [0.1, 0.15) is 27.3 Å². The van der Waals surface area contributed by atoms with Crippen LogP contribution in [0.25, 0.3) is 0 Å². The SMILES string of the molecule is Cc1cc(C(=O)NCc2ccccc2F)nc(NCc2ccccc2)n1. The molecule has 0 unspecified atom stereocenters. The lowest BCUT2D eigenvalue weighted by atomic mass is 10.2. The maximum Gasteiger partial charge on any atom is 0.270 e. The van der Waals surface area contributed by atoms with Crippen LogP contribution in [-0.4, -0.2) is 15.9 Å². The number of hydrogen-bond donors (Lipinski definition) is 2. The first-order valence-electron chi connectivity index (χ1n) is 8.27. The first kappa shape index (κ1) is 17.5. The van der Waals surface area contributed by atoms with Gasteiger partial charge in [0.25, 0.3) is 5.91 Å². The number of benzene rings is 2. The van der Waals surface area contributed by atoms with Crippen LogP contribution in [0.4, 0.5) is 10.3 Å². The summed E-state index contributed by atoms with van der Waals surface area (Å²) in [5, 5.41) is 5.81. The lowest BCUT2D eigenvalue weighted by Crippen LogP contribution is -2.25. The van der Waals surface area contributed by atoms with E-state index in [1.807, 2.05) is 30.3 Å². The highest BCUT2D eigenvalue weighted by Gasteiger charge is 2.11. The molecular weight excluding hydrogens is 331 g/mol. The minimum Gasteiger partial charge on any atom is -0.350 e. The molecule has 3 aromatic rings. The molecule has 2 aromatic carbocycles. The van der Waals surface area contributed by atoms with E-state index in [0.717, 1.165) is 5.56 Å². The third-order valence-corrected chi connectivity index (χ3v) is 3.78. The first-order valence-corrected chi connectivity index (χ1v) is 8.27. The summed E-state index contributed by atoms with van der Waals surface area (Å²) in [6.07, 6.45) is 0. The Morgan fingerprint density at radius 3 is 2.50 bits per heavy atom. The molecule has 0 bridgehead atoms. The Hall–Kier alpha value is -3.28. The van der Waals surface area contributed by atoms with E-state index in [-0.39, 0.29) is 24.0 Å². The van der Waals surface area contributed by atoms with Crippen molar-refractivity contribution in [2.45, 2.75) is 20.0 Å². The summed E-state index contributed by atoms with van der Waals surface area (Å²) in [5.74, 6) is -0.344. The van der Waals surface area contributed by atoms with Gasteiger partial charge in [-0.05, 0) is 24.6 Å². The predicted molar refractivity (Wildman–Crippen MR) is 98.1 cm³/mol. The summed E-state index contributed by atoms with van der Waals surface area (Å²) in [5.41, 5.74) is 2.42. The van der Waals surface area contributed by atoms with Crippen LogP contribution in [0.2, 0.25) is 0 Å². The average molecular weight is 350 g/mol. The molecule has 0 fully saturated rings. The maximum absolute atomic E-state index is 13.6. The smallest absolute Gasteiger partial charge is 0.270 e. The highest BCUT2D eigenvalue weighted by atomic mass is 19.1. The Morgan fingerprint density at radius 1 is 1.00 bits per heavy atom. The van der Waals surface area contributed by atoms with Gasteiger partial charge in [0.1, 0.15) is 11.5 Å². The second-order valence-electron chi connectivity index (χ2n) is 5.83. The highest BCUT2D eigenvalue weighted by molar-refractivity contribution is 5.92. The molecule has 0 aliphatic rings. The van der Waals surface area contributed by atoms with Gasteiger partial charge in [-0.2, -0.15) is 0 Å². The van der Waals surface area contributed by atoms with Crippen molar-refractivity contribution < 1.29 is 9.18 Å². The fraction of sp³-hybridized carbons (Fsp3) is 0.150. The maximum atomic E-state index is 13.6. The van der Waals surface area contributed by atoms with E-state index < -0.39 is 0 Å². The van der Waals surface area contributed by atoms with Crippen molar-refractivity contribution in [3.8, 4) is 0 Å². The molecule has 0 atom stereocenters. The number of nitrogens with one attached hydrogen (secondary N) is 2. The normalized spacial score (nSPS) is 10.4. The average Bonchev–Trinajstić information content (AvgIpc) is 2.66. The number of carbonyl (C=O) groups excluding carboxylic acids is 1. The number of anilines is 1. The molecule has 6 heteroatoms. The van der Waals surface area contributed by atoms with Crippen LogP contribution in [0.3, 0.4) is 0 Å². The number of nitrogens with zero attached hydrogens (tertiary/aromatic N) is 2. The summed E-state index contributed by atoms with van der Waals surface area (Å²) < 4.78 is 13.6. The van der Waals surface area contributed by atoms with Crippen LogP contribution in [0.15, 0.2) is 60.7 Å². The molecule has 0 saturated heterocycles. The van der Waals surface area contributed by atoms with Crippen molar-refractivity contribution in [1.82, 2.24) is 15.3 Å². The van der Waals surface area contributed by atoms with Gasteiger partial charge in [0.05, 0.1) is 0 Å². The molecule has 0 radical (unpaired) electrons. The lowest BCUT2D eigenvalue weighted by molar-refractivity contribution is 0.0945. The third kappa shape index (κ3) is 4.63. The Bertz CT molecular complexity index is 899. The van der Waals surface area contributed by atoms with Gasteiger partial charge in [-0.3, -0.25) is 4.79 Å². The van der Waals surface area contributed by atoms with Crippen LogP contribution in [0.5, 0.6) is 0 Å². The van der Waals surface area contributed by atoms with Crippen molar-refractivity contribution in [3.63, 3.8) is 0 Å². The summed E-state index contributed by atoms with van der Waals surface area (Å²) in [4.78, 5) is 20.9. The Kier molecular flexibility index (Phi) is 5.53. The molecule has 132 valence electrons. The van der Waals surface area contributed by atoms with Crippen LogP contribution in [-0.2, 0) is 13.1 Å². The molecule has 1 heterocycles. The molecule has 1 amide bonds. The van der Waals surface area contributed by atoms with Gasteiger partial charge in [0.15, 0.2) is 0 Å². The van der Waals surface area contributed by atoms with Crippen molar-refractivity contribution >= 4 is 11.9 Å². The number of amides is 1. The van der Waals surface area contributed by atoms with Crippen LogP contribution in [0, 0.1) is 12.7 Å². The van der Waals surface area contributed by atoms with Gasteiger partial charge in [-0.25, -0.2) is 14.4 Å². The van der Waals surface area contributed by atoms with Crippen molar-refractivity contribution in [1.29, 1.82) is 0 Å². The largest absolute Gasteiger partial charge is 0.350 e. The molecule has 0 aliphatic carbocycles. The third-order valence-electron chi connectivity index (χ3n) is 3.78. The van der Waals surface area contributed by atoms with E-state index in [1.165, 1.54) is 6.07 Å². The second-order valence-corrected chi connectivity index (χ2v) is 5.83. The van der Waals surface area contributed by atoms with Gasteiger partial charge >= 0.3 is 0 Å². The van der Waals surface area contributed by atoms with Gasteiger partial charge in [0.2, 0.25) is 5.95 Å². The highest BCUT2D eigenvalue weighted by Crippen LogP contribution is 2.09. The number of hydrogen-bond acceptors (Lipinski definition) is 4. The predicted octanol–water partition coefficient (Wildman–Crippen LogP) is 3.47.